The number of alkyl halides is 1. The van der Waals surface area contributed by atoms with Crippen LogP contribution in [-0.2, 0) is 4.79 Å². The highest BCUT2D eigenvalue weighted by atomic mass is 19.1. The Morgan fingerprint density at radius 3 is 2.62 bits per heavy atom. The topological polar surface area (TPSA) is 37.3 Å². The van der Waals surface area contributed by atoms with E-state index in [4.69, 9.17) is 0 Å². The van der Waals surface area contributed by atoms with E-state index in [1.54, 1.807) is 6.92 Å². The number of ketones is 1. The molecule has 1 unspecified atom stereocenters. The maximum atomic E-state index is 15.3. The summed E-state index contributed by atoms with van der Waals surface area (Å²) in [5.74, 6) is 1.21. The Hall–Kier alpha value is -0.700. The van der Waals surface area contributed by atoms with Crippen molar-refractivity contribution in [3.8, 4) is 0 Å². The Kier molecular flexibility index (Phi) is 3.77. The Balaban J connectivity index is 1.71. The first kappa shape index (κ1) is 16.8. The van der Waals surface area contributed by atoms with Crippen LogP contribution in [0.25, 0.3) is 0 Å². The fraction of sp³-hybridized carbons (Fsp3) is 0.857. The van der Waals surface area contributed by atoms with Gasteiger partial charge >= 0.3 is 0 Å². The van der Waals surface area contributed by atoms with Crippen molar-refractivity contribution in [3.63, 3.8) is 0 Å². The van der Waals surface area contributed by atoms with Gasteiger partial charge in [0.15, 0.2) is 0 Å². The van der Waals surface area contributed by atoms with E-state index in [0.29, 0.717) is 24.0 Å². The van der Waals surface area contributed by atoms with Crippen LogP contribution in [0, 0.1) is 34.5 Å². The summed E-state index contributed by atoms with van der Waals surface area (Å²) >= 11 is 0. The minimum absolute atomic E-state index is 0.00672. The number of carbonyl (C=O) groups excluding carboxylic acids is 1. The van der Waals surface area contributed by atoms with E-state index in [1.165, 1.54) is 5.57 Å². The number of hydrogen-bond donors (Lipinski definition) is 1. The van der Waals surface area contributed by atoms with Crippen LogP contribution >= 0.6 is 0 Å². The van der Waals surface area contributed by atoms with Gasteiger partial charge in [-0.2, -0.15) is 0 Å². The summed E-state index contributed by atoms with van der Waals surface area (Å²) in [6.45, 7) is 6.29. The van der Waals surface area contributed by atoms with Crippen LogP contribution in [0.2, 0.25) is 0 Å². The molecule has 8 atom stereocenters. The standard InChI is InChI=1S/C21H31FO2/c1-12(23)15-4-5-16-19-17(7-9-21(15,16)3)20(2)8-6-14(24)10-13(20)11-18(19)22/h11,14-19,24H,4-10H2,1-3H3/t14-,15+,16-,17-,18?,19-,20-,21+/m0/s1. The third-order valence-electron chi connectivity index (χ3n) is 8.56. The summed E-state index contributed by atoms with van der Waals surface area (Å²) in [6, 6.07) is 0. The molecule has 0 bridgehead atoms. The summed E-state index contributed by atoms with van der Waals surface area (Å²) in [5, 5.41) is 10.0. The molecular weight excluding hydrogens is 303 g/mol. The number of aliphatic hydroxyl groups excluding tert-OH is 1. The van der Waals surface area contributed by atoms with Crippen molar-refractivity contribution in [1.29, 1.82) is 0 Å². The maximum Gasteiger partial charge on any atom is 0.133 e. The highest BCUT2D eigenvalue weighted by Crippen LogP contribution is 2.66. The number of allylic oxidation sites excluding steroid dienone is 1. The molecule has 2 nitrogen and oxygen atoms in total. The van der Waals surface area contributed by atoms with Crippen molar-refractivity contribution in [1.82, 2.24) is 0 Å². The summed E-state index contributed by atoms with van der Waals surface area (Å²) in [5.41, 5.74) is 1.22. The van der Waals surface area contributed by atoms with Gasteiger partial charge in [0.25, 0.3) is 0 Å². The Morgan fingerprint density at radius 1 is 1.17 bits per heavy atom. The number of Topliss-reactive ketones (excluding diaryl/α,β-unsaturated/α-hetero) is 1. The summed E-state index contributed by atoms with van der Waals surface area (Å²) in [4.78, 5) is 12.1. The summed E-state index contributed by atoms with van der Waals surface area (Å²) in [7, 11) is 0. The van der Waals surface area contributed by atoms with Gasteiger partial charge in [-0.15, -0.1) is 0 Å². The minimum atomic E-state index is -0.904. The average Bonchev–Trinajstić information content (AvgIpc) is 2.86. The van der Waals surface area contributed by atoms with Crippen molar-refractivity contribution in [2.45, 2.75) is 78.0 Å². The maximum absolute atomic E-state index is 15.3. The van der Waals surface area contributed by atoms with E-state index in [-0.39, 0.29) is 28.8 Å². The molecule has 3 saturated carbocycles. The zero-order valence-electron chi connectivity index (χ0n) is 15.2. The van der Waals surface area contributed by atoms with Crippen LogP contribution in [0.3, 0.4) is 0 Å². The predicted molar refractivity (Wildman–Crippen MR) is 92.2 cm³/mol. The van der Waals surface area contributed by atoms with Gasteiger partial charge in [0, 0.05) is 11.8 Å². The van der Waals surface area contributed by atoms with Crippen molar-refractivity contribution in [2.75, 3.05) is 0 Å². The molecule has 3 heteroatoms. The minimum Gasteiger partial charge on any atom is -0.393 e. The van der Waals surface area contributed by atoms with Gasteiger partial charge in [-0.25, -0.2) is 4.39 Å². The Bertz CT molecular complexity index is 584. The number of fused-ring (bicyclic) bond motifs is 5. The molecule has 0 aromatic carbocycles. The molecular formula is C21H31FO2. The van der Waals surface area contributed by atoms with Crippen molar-refractivity contribution in [3.05, 3.63) is 11.6 Å². The van der Waals surface area contributed by atoms with Crippen molar-refractivity contribution in [2.24, 2.45) is 34.5 Å². The summed E-state index contributed by atoms with van der Waals surface area (Å²) in [6.07, 6.45) is 7.16. The molecule has 134 valence electrons. The van der Waals surface area contributed by atoms with E-state index in [0.717, 1.165) is 38.5 Å². The molecule has 3 fully saturated rings. The predicted octanol–water partition coefficient (Wildman–Crippen LogP) is 4.46. The van der Waals surface area contributed by atoms with Gasteiger partial charge in [-0.1, -0.05) is 25.5 Å². The van der Waals surface area contributed by atoms with E-state index in [9.17, 15) is 9.90 Å². The van der Waals surface area contributed by atoms with Gasteiger partial charge in [0.2, 0.25) is 0 Å². The van der Waals surface area contributed by atoms with Gasteiger partial charge in [0.1, 0.15) is 12.0 Å². The summed E-state index contributed by atoms with van der Waals surface area (Å²) < 4.78 is 15.3. The van der Waals surface area contributed by atoms with Gasteiger partial charge < -0.3 is 5.11 Å². The number of hydrogen-bond acceptors (Lipinski definition) is 2. The molecule has 0 saturated heterocycles. The Morgan fingerprint density at radius 2 is 1.92 bits per heavy atom. The number of rotatable bonds is 1. The van der Waals surface area contributed by atoms with Crippen molar-refractivity contribution >= 4 is 5.78 Å². The first-order valence-corrected chi connectivity index (χ1v) is 9.81. The molecule has 4 rings (SSSR count). The average molecular weight is 334 g/mol. The molecule has 0 aromatic heterocycles. The lowest BCUT2D eigenvalue weighted by Gasteiger charge is -2.58. The molecule has 0 heterocycles. The van der Waals surface area contributed by atoms with E-state index < -0.39 is 6.17 Å². The number of halogens is 1. The van der Waals surface area contributed by atoms with Crippen molar-refractivity contribution < 1.29 is 14.3 Å². The van der Waals surface area contributed by atoms with Gasteiger partial charge in [-0.05, 0) is 74.5 Å². The molecule has 0 aliphatic heterocycles. The molecule has 0 radical (unpaired) electrons. The van der Waals surface area contributed by atoms with Crippen LogP contribution in [0.5, 0.6) is 0 Å². The molecule has 0 spiro atoms. The normalized spacial score (nSPS) is 53.6. The molecule has 4 aliphatic carbocycles. The number of aliphatic hydroxyl groups is 1. The highest BCUT2D eigenvalue weighted by molar-refractivity contribution is 5.79. The lowest BCUT2D eigenvalue weighted by Crippen LogP contribution is -2.54. The SMILES string of the molecule is CC(=O)[C@H]1CC[C@H]2[C@@H]3C(F)C=C4C[C@@H](O)CC[C@]4(C)[C@H]3CC[C@]12C. The van der Waals surface area contributed by atoms with Crippen LogP contribution < -0.4 is 0 Å². The van der Waals surface area contributed by atoms with E-state index in [2.05, 4.69) is 13.8 Å². The van der Waals surface area contributed by atoms with Crippen LogP contribution in [0.4, 0.5) is 4.39 Å². The third kappa shape index (κ3) is 2.12. The molecule has 0 aromatic rings. The van der Waals surface area contributed by atoms with Crippen LogP contribution in [0.15, 0.2) is 11.6 Å². The largest absolute Gasteiger partial charge is 0.393 e. The highest BCUT2D eigenvalue weighted by Gasteiger charge is 2.61. The first-order valence-electron chi connectivity index (χ1n) is 9.81. The molecule has 4 aliphatic rings. The fourth-order valence-corrected chi connectivity index (χ4v) is 7.25. The second-order valence-corrected chi connectivity index (χ2v) is 9.53. The third-order valence-corrected chi connectivity index (χ3v) is 8.56. The zero-order valence-corrected chi connectivity index (χ0v) is 15.2. The van der Waals surface area contributed by atoms with Crippen LogP contribution in [0.1, 0.15) is 65.7 Å². The lowest BCUT2D eigenvalue weighted by atomic mass is 9.47. The second-order valence-electron chi connectivity index (χ2n) is 9.53. The first-order chi connectivity index (χ1) is 11.3. The molecule has 24 heavy (non-hydrogen) atoms. The molecule has 1 N–H and O–H groups in total. The Labute approximate surface area is 144 Å². The smallest absolute Gasteiger partial charge is 0.133 e. The van der Waals surface area contributed by atoms with Crippen LogP contribution in [-0.4, -0.2) is 23.2 Å². The fourth-order valence-electron chi connectivity index (χ4n) is 7.25. The monoisotopic (exact) mass is 334 g/mol. The van der Waals surface area contributed by atoms with Gasteiger partial charge in [-0.3, -0.25) is 4.79 Å². The lowest BCUT2D eigenvalue weighted by molar-refractivity contribution is -0.129. The zero-order chi connectivity index (χ0) is 17.3. The quantitative estimate of drug-likeness (QED) is 0.719. The second kappa shape index (κ2) is 5.40. The molecule has 0 amide bonds. The van der Waals surface area contributed by atoms with E-state index >= 15 is 4.39 Å². The van der Waals surface area contributed by atoms with Gasteiger partial charge in [0.05, 0.1) is 6.10 Å². The number of carbonyl (C=O) groups is 1. The van der Waals surface area contributed by atoms with E-state index in [1.807, 2.05) is 6.08 Å².